The zero-order chi connectivity index (χ0) is 16.8. The van der Waals surface area contributed by atoms with Gasteiger partial charge in [-0.3, -0.25) is 0 Å². The first kappa shape index (κ1) is 20.0. The second-order valence-electron chi connectivity index (χ2n) is 6.22. The highest BCUT2D eigenvalue weighted by Crippen LogP contribution is 2.31. The first-order valence-corrected chi connectivity index (χ1v) is 8.82. The van der Waals surface area contributed by atoms with Crippen molar-refractivity contribution in [3.8, 4) is 5.75 Å². The van der Waals surface area contributed by atoms with Crippen LogP contribution < -0.4 is 10.1 Å². The van der Waals surface area contributed by atoms with E-state index in [0.717, 1.165) is 44.9 Å². The highest BCUT2D eigenvalue weighted by molar-refractivity contribution is 5.87. The minimum atomic E-state index is -0.0602. The number of ether oxygens (including phenoxy) is 3. The molecule has 1 heterocycles. The molecule has 0 aromatic heterocycles. The molecule has 138 valence electrons. The van der Waals surface area contributed by atoms with Crippen LogP contribution in [0.2, 0.25) is 0 Å². The molecule has 0 spiro atoms. The lowest BCUT2D eigenvalue weighted by Gasteiger charge is -2.30. The largest absolute Gasteiger partial charge is 0.497 e. The van der Waals surface area contributed by atoms with Gasteiger partial charge in [0, 0.05) is 5.92 Å². The minimum Gasteiger partial charge on any atom is -0.497 e. The van der Waals surface area contributed by atoms with Crippen molar-refractivity contribution in [1.82, 2.24) is 5.32 Å². The van der Waals surface area contributed by atoms with Gasteiger partial charge < -0.3 is 19.5 Å². The molecule has 2 aromatic rings. The summed E-state index contributed by atoms with van der Waals surface area (Å²) >= 11 is 0. The summed E-state index contributed by atoms with van der Waals surface area (Å²) in [4.78, 5) is 0. The maximum atomic E-state index is 5.94. The molecule has 1 fully saturated rings. The summed E-state index contributed by atoms with van der Waals surface area (Å²) in [5.41, 5.74) is 1.29. The third-order valence-electron chi connectivity index (χ3n) is 4.57. The monoisotopic (exact) mass is 365 g/mol. The summed E-state index contributed by atoms with van der Waals surface area (Å²) in [7, 11) is 1.70. The smallest absolute Gasteiger partial charge is 0.157 e. The highest BCUT2D eigenvalue weighted by Gasteiger charge is 2.24. The Bertz CT molecular complexity index is 656. The predicted octanol–water partition coefficient (Wildman–Crippen LogP) is 4.12. The molecule has 0 radical (unpaired) electrons. The first-order chi connectivity index (χ1) is 11.8. The first-order valence-electron chi connectivity index (χ1n) is 8.82. The average molecular weight is 366 g/mol. The molecule has 0 atom stereocenters. The van der Waals surface area contributed by atoms with Crippen molar-refractivity contribution in [3.05, 3.63) is 42.0 Å². The Morgan fingerprint density at radius 3 is 2.68 bits per heavy atom. The third kappa shape index (κ3) is 5.08. The Balaban J connectivity index is 0.00000225. The molecule has 1 N–H and O–H groups in total. The normalized spacial score (nSPS) is 20.2. The molecule has 0 amide bonds. The van der Waals surface area contributed by atoms with E-state index in [1.807, 2.05) is 6.07 Å². The predicted molar refractivity (Wildman–Crippen MR) is 104 cm³/mol. The van der Waals surface area contributed by atoms with Gasteiger partial charge in [-0.15, -0.1) is 12.4 Å². The van der Waals surface area contributed by atoms with Crippen molar-refractivity contribution in [3.63, 3.8) is 0 Å². The van der Waals surface area contributed by atoms with Gasteiger partial charge in [0.25, 0.3) is 0 Å². The van der Waals surface area contributed by atoms with Gasteiger partial charge in [-0.2, -0.15) is 0 Å². The Labute approximate surface area is 156 Å². The lowest BCUT2D eigenvalue weighted by molar-refractivity contribution is -0.189. The SMILES string of the molecule is CCNCCCC1OCC(c2cccc3cc(OC)ccc23)CO1.Cl. The molecule has 0 bridgehead atoms. The summed E-state index contributed by atoms with van der Waals surface area (Å²) in [5, 5.41) is 5.78. The van der Waals surface area contributed by atoms with E-state index < -0.39 is 0 Å². The number of rotatable bonds is 7. The van der Waals surface area contributed by atoms with Crippen molar-refractivity contribution < 1.29 is 14.2 Å². The number of fused-ring (bicyclic) bond motifs is 1. The van der Waals surface area contributed by atoms with Gasteiger partial charge >= 0.3 is 0 Å². The van der Waals surface area contributed by atoms with Gasteiger partial charge in [0.15, 0.2) is 6.29 Å². The van der Waals surface area contributed by atoms with E-state index in [-0.39, 0.29) is 24.6 Å². The van der Waals surface area contributed by atoms with Crippen LogP contribution in [-0.2, 0) is 9.47 Å². The van der Waals surface area contributed by atoms with E-state index in [4.69, 9.17) is 14.2 Å². The molecule has 25 heavy (non-hydrogen) atoms. The fraction of sp³-hybridized carbons (Fsp3) is 0.500. The fourth-order valence-electron chi connectivity index (χ4n) is 3.23. The van der Waals surface area contributed by atoms with Crippen LogP contribution in [-0.4, -0.2) is 39.7 Å². The molecule has 1 aliphatic heterocycles. The van der Waals surface area contributed by atoms with E-state index in [1.165, 1.54) is 16.3 Å². The third-order valence-corrected chi connectivity index (χ3v) is 4.57. The summed E-state index contributed by atoms with van der Waals surface area (Å²) in [6.45, 7) is 5.60. The minimum absolute atomic E-state index is 0. The zero-order valence-electron chi connectivity index (χ0n) is 15.0. The van der Waals surface area contributed by atoms with Crippen LogP contribution in [0.4, 0.5) is 0 Å². The Morgan fingerprint density at radius 1 is 1.16 bits per heavy atom. The van der Waals surface area contributed by atoms with Crippen molar-refractivity contribution in [2.24, 2.45) is 0 Å². The summed E-state index contributed by atoms with van der Waals surface area (Å²) in [5.74, 6) is 1.17. The fourth-order valence-corrected chi connectivity index (χ4v) is 3.23. The van der Waals surface area contributed by atoms with E-state index in [0.29, 0.717) is 0 Å². The standard InChI is InChI=1S/C20H27NO3.ClH/c1-3-21-11-5-8-20-23-13-16(14-24-20)18-7-4-6-15-12-17(22-2)9-10-19(15)18;/h4,6-7,9-10,12,16,20-21H,3,5,8,11,13-14H2,1-2H3;1H. The maximum absolute atomic E-state index is 5.94. The van der Waals surface area contributed by atoms with E-state index in [1.54, 1.807) is 7.11 Å². The summed E-state index contributed by atoms with van der Waals surface area (Å²) < 4.78 is 17.2. The van der Waals surface area contributed by atoms with Gasteiger partial charge in [0.1, 0.15) is 5.75 Å². The zero-order valence-corrected chi connectivity index (χ0v) is 15.8. The van der Waals surface area contributed by atoms with Crippen LogP contribution in [0.3, 0.4) is 0 Å². The van der Waals surface area contributed by atoms with Crippen LogP contribution in [0.1, 0.15) is 31.2 Å². The summed E-state index contributed by atoms with van der Waals surface area (Å²) in [6, 6.07) is 12.6. The molecule has 0 aliphatic carbocycles. The number of hydrogen-bond donors (Lipinski definition) is 1. The lowest BCUT2D eigenvalue weighted by Crippen LogP contribution is -2.31. The van der Waals surface area contributed by atoms with Gasteiger partial charge in [0.2, 0.25) is 0 Å². The van der Waals surface area contributed by atoms with Crippen LogP contribution in [0.25, 0.3) is 10.8 Å². The van der Waals surface area contributed by atoms with Gasteiger partial charge in [-0.05, 0) is 54.4 Å². The molecule has 5 heteroatoms. The Morgan fingerprint density at radius 2 is 1.96 bits per heavy atom. The van der Waals surface area contributed by atoms with Crippen LogP contribution >= 0.6 is 12.4 Å². The lowest BCUT2D eigenvalue weighted by atomic mass is 9.94. The second-order valence-corrected chi connectivity index (χ2v) is 6.22. The maximum Gasteiger partial charge on any atom is 0.157 e. The molecular formula is C20H28ClNO3. The number of halogens is 1. The number of nitrogens with one attached hydrogen (secondary N) is 1. The van der Waals surface area contributed by atoms with Crippen molar-refractivity contribution in [2.75, 3.05) is 33.4 Å². The van der Waals surface area contributed by atoms with E-state index in [9.17, 15) is 0 Å². The Kier molecular flexibility index (Phi) is 7.97. The molecule has 4 nitrogen and oxygen atoms in total. The van der Waals surface area contributed by atoms with Gasteiger partial charge in [-0.1, -0.05) is 31.2 Å². The molecule has 1 saturated heterocycles. The number of hydrogen-bond acceptors (Lipinski definition) is 4. The molecular weight excluding hydrogens is 338 g/mol. The molecule has 0 saturated carbocycles. The molecule has 3 rings (SSSR count). The van der Waals surface area contributed by atoms with Gasteiger partial charge in [0.05, 0.1) is 20.3 Å². The van der Waals surface area contributed by atoms with Crippen molar-refractivity contribution in [1.29, 1.82) is 0 Å². The quantitative estimate of drug-likeness (QED) is 0.749. The topological polar surface area (TPSA) is 39.7 Å². The van der Waals surface area contributed by atoms with Crippen LogP contribution in [0.5, 0.6) is 5.75 Å². The van der Waals surface area contributed by atoms with Crippen molar-refractivity contribution >= 4 is 23.2 Å². The van der Waals surface area contributed by atoms with Crippen LogP contribution in [0, 0.1) is 0 Å². The Hall–Kier alpha value is -1.33. The average Bonchev–Trinajstić information content (AvgIpc) is 2.65. The van der Waals surface area contributed by atoms with E-state index >= 15 is 0 Å². The summed E-state index contributed by atoms with van der Waals surface area (Å²) in [6.07, 6.45) is 1.97. The highest BCUT2D eigenvalue weighted by atomic mass is 35.5. The van der Waals surface area contributed by atoms with Gasteiger partial charge in [-0.25, -0.2) is 0 Å². The second kappa shape index (κ2) is 9.97. The van der Waals surface area contributed by atoms with E-state index in [2.05, 4.69) is 42.6 Å². The van der Waals surface area contributed by atoms with Crippen LogP contribution in [0.15, 0.2) is 36.4 Å². The molecule has 0 unspecified atom stereocenters. The molecule has 1 aliphatic rings. The van der Waals surface area contributed by atoms with Crippen molar-refractivity contribution in [2.45, 2.75) is 32.0 Å². The number of methoxy groups -OCH3 is 1. The molecule has 2 aromatic carbocycles. The number of benzene rings is 2.